The van der Waals surface area contributed by atoms with Gasteiger partial charge in [0.05, 0.1) is 23.6 Å². The fraction of sp³-hybridized carbons (Fsp3) is 0.520. The fourth-order valence-corrected chi connectivity index (χ4v) is 6.98. The maximum Gasteiger partial charge on any atom is 0.258 e. The monoisotopic (exact) mass is 469 g/mol. The van der Waals surface area contributed by atoms with Crippen molar-refractivity contribution in [3.05, 3.63) is 42.0 Å². The first-order valence-corrected chi connectivity index (χ1v) is 13.4. The molecule has 33 heavy (non-hydrogen) atoms. The number of nitrogens with zero attached hydrogens (tertiary/aromatic N) is 2. The van der Waals surface area contributed by atoms with Crippen LogP contribution in [0.3, 0.4) is 0 Å². The molecule has 3 aliphatic rings. The van der Waals surface area contributed by atoms with Gasteiger partial charge < -0.3 is 15.0 Å². The lowest BCUT2D eigenvalue weighted by Crippen LogP contribution is -2.35. The first kappa shape index (κ1) is 22.2. The minimum Gasteiger partial charge on any atom is -0.497 e. The van der Waals surface area contributed by atoms with E-state index in [4.69, 9.17) is 4.74 Å². The highest BCUT2D eigenvalue weighted by molar-refractivity contribution is 7.92. The normalized spacial score (nSPS) is 20.1. The van der Waals surface area contributed by atoms with Gasteiger partial charge in [0, 0.05) is 19.2 Å². The van der Waals surface area contributed by atoms with Gasteiger partial charge in [-0.05, 0) is 68.2 Å². The van der Waals surface area contributed by atoms with E-state index in [1.807, 2.05) is 6.07 Å². The molecular formula is C25H31N3O4S. The minimum absolute atomic E-state index is 0.0351. The molecule has 5 rings (SSSR count). The number of carbonyl (C=O) groups excluding carboxylic acids is 1. The quantitative estimate of drug-likeness (QED) is 0.673. The summed E-state index contributed by atoms with van der Waals surface area (Å²) in [6.07, 6.45) is 8.13. The predicted octanol–water partition coefficient (Wildman–Crippen LogP) is 4.44. The van der Waals surface area contributed by atoms with Crippen LogP contribution in [0.1, 0.15) is 61.7 Å². The largest absolute Gasteiger partial charge is 0.497 e. The Morgan fingerprint density at radius 3 is 2.48 bits per heavy atom. The third kappa shape index (κ3) is 4.45. The number of benzene rings is 1. The van der Waals surface area contributed by atoms with Gasteiger partial charge in [0.15, 0.2) is 14.9 Å². The van der Waals surface area contributed by atoms with Crippen molar-refractivity contribution in [1.82, 2.24) is 4.98 Å². The van der Waals surface area contributed by atoms with E-state index in [2.05, 4.69) is 15.2 Å². The van der Waals surface area contributed by atoms with Gasteiger partial charge in [0.1, 0.15) is 11.6 Å². The number of aromatic nitrogens is 1. The van der Waals surface area contributed by atoms with E-state index in [9.17, 15) is 13.2 Å². The Bertz CT molecular complexity index is 1140. The molecule has 176 valence electrons. The van der Waals surface area contributed by atoms with Crippen molar-refractivity contribution in [2.75, 3.05) is 30.4 Å². The molecule has 7 nitrogen and oxygen atoms in total. The van der Waals surface area contributed by atoms with Crippen LogP contribution in [0.25, 0.3) is 0 Å². The molecule has 1 aromatic carbocycles. The average molecular weight is 470 g/mol. The molecule has 2 saturated carbocycles. The summed E-state index contributed by atoms with van der Waals surface area (Å²) in [4.78, 5) is 19.8. The third-order valence-electron chi connectivity index (χ3n) is 7.57. The summed E-state index contributed by atoms with van der Waals surface area (Å²) in [5.74, 6) is 0.648. The van der Waals surface area contributed by atoms with Gasteiger partial charge in [-0.2, -0.15) is 0 Å². The number of hydrogen-bond acceptors (Lipinski definition) is 6. The first-order valence-electron chi connectivity index (χ1n) is 11.9. The standard InChI is InChI=1S/C25H31N3O4S/c1-32-18-9-10-20(21(17-18)28-15-13-25(11-12-25)14-16-28)24(29)27-22-7-4-8-23(26-22)33(30,31)19-5-2-3-6-19/h4,7-10,17,19H,2-3,5-6,11-16H2,1H3,(H,26,27,29). The maximum atomic E-state index is 13.3. The molecule has 2 heterocycles. The van der Waals surface area contributed by atoms with Crippen molar-refractivity contribution >= 4 is 27.2 Å². The molecule has 0 bridgehead atoms. The van der Waals surface area contributed by atoms with Gasteiger partial charge >= 0.3 is 0 Å². The van der Waals surface area contributed by atoms with E-state index in [0.717, 1.165) is 44.5 Å². The topological polar surface area (TPSA) is 88.6 Å². The molecule has 1 saturated heterocycles. The van der Waals surface area contributed by atoms with Crippen molar-refractivity contribution in [1.29, 1.82) is 0 Å². The molecule has 0 atom stereocenters. The number of ether oxygens (including phenoxy) is 1. The second-order valence-corrected chi connectivity index (χ2v) is 11.8. The van der Waals surface area contributed by atoms with Crippen LogP contribution in [0.2, 0.25) is 0 Å². The highest BCUT2D eigenvalue weighted by Crippen LogP contribution is 2.54. The number of methoxy groups -OCH3 is 1. The van der Waals surface area contributed by atoms with Gasteiger partial charge in [-0.25, -0.2) is 13.4 Å². The average Bonchev–Trinajstić information content (AvgIpc) is 3.34. The molecule has 8 heteroatoms. The van der Waals surface area contributed by atoms with Crippen molar-refractivity contribution in [3.63, 3.8) is 0 Å². The Morgan fingerprint density at radius 1 is 1.09 bits per heavy atom. The summed E-state index contributed by atoms with van der Waals surface area (Å²) >= 11 is 0. The number of nitrogens with one attached hydrogen (secondary N) is 1. The highest BCUT2D eigenvalue weighted by Gasteiger charge is 2.44. The van der Waals surface area contributed by atoms with E-state index < -0.39 is 9.84 Å². The van der Waals surface area contributed by atoms with Crippen LogP contribution in [-0.2, 0) is 9.84 Å². The zero-order valence-electron chi connectivity index (χ0n) is 19.0. The zero-order chi connectivity index (χ0) is 23.1. The van der Waals surface area contributed by atoms with Gasteiger partial charge in [0.25, 0.3) is 5.91 Å². The van der Waals surface area contributed by atoms with E-state index in [1.165, 1.54) is 18.9 Å². The number of piperidine rings is 1. The SMILES string of the molecule is COc1ccc(C(=O)Nc2cccc(S(=O)(=O)C3CCCC3)n2)c(N2CCC3(CC2)CC3)c1. The lowest BCUT2D eigenvalue weighted by atomic mass is 9.93. The fourth-order valence-electron chi connectivity index (χ4n) is 5.19. The molecule has 1 spiro atoms. The molecule has 3 fully saturated rings. The van der Waals surface area contributed by atoms with Crippen LogP contribution >= 0.6 is 0 Å². The summed E-state index contributed by atoms with van der Waals surface area (Å²) in [5, 5.41) is 2.48. The molecule has 1 amide bonds. The number of rotatable bonds is 6. The van der Waals surface area contributed by atoms with Gasteiger partial charge in [-0.3, -0.25) is 4.79 Å². The number of carbonyl (C=O) groups is 1. The summed E-state index contributed by atoms with van der Waals surface area (Å²) < 4.78 is 31.3. The third-order valence-corrected chi connectivity index (χ3v) is 9.73. The highest BCUT2D eigenvalue weighted by atomic mass is 32.2. The Balaban J connectivity index is 1.38. The number of sulfone groups is 1. The van der Waals surface area contributed by atoms with Crippen LogP contribution in [0.5, 0.6) is 5.75 Å². The van der Waals surface area contributed by atoms with Crippen LogP contribution in [0.4, 0.5) is 11.5 Å². The van der Waals surface area contributed by atoms with Crippen molar-refractivity contribution in [2.24, 2.45) is 5.41 Å². The molecule has 2 aromatic rings. The van der Waals surface area contributed by atoms with Gasteiger partial charge in [-0.1, -0.05) is 18.9 Å². The first-order chi connectivity index (χ1) is 15.9. The predicted molar refractivity (Wildman–Crippen MR) is 128 cm³/mol. The lowest BCUT2D eigenvalue weighted by molar-refractivity contribution is 0.102. The zero-order valence-corrected chi connectivity index (χ0v) is 19.9. The molecule has 0 unspecified atom stereocenters. The van der Waals surface area contributed by atoms with E-state index in [-0.39, 0.29) is 22.0 Å². The van der Waals surface area contributed by atoms with Gasteiger partial charge in [-0.15, -0.1) is 0 Å². The Hall–Kier alpha value is -2.61. The summed E-state index contributed by atoms with van der Waals surface area (Å²) in [7, 11) is -1.87. The Labute approximate surface area is 195 Å². The van der Waals surface area contributed by atoms with Gasteiger partial charge in [0.2, 0.25) is 0 Å². The number of amides is 1. The molecule has 1 aliphatic heterocycles. The lowest BCUT2D eigenvalue weighted by Gasteiger charge is -2.35. The number of anilines is 2. The Morgan fingerprint density at radius 2 is 1.82 bits per heavy atom. The molecule has 1 aromatic heterocycles. The smallest absolute Gasteiger partial charge is 0.258 e. The van der Waals surface area contributed by atoms with Crippen molar-refractivity contribution in [3.8, 4) is 5.75 Å². The summed E-state index contributed by atoms with van der Waals surface area (Å²) in [5.41, 5.74) is 1.91. The van der Waals surface area contributed by atoms with Crippen molar-refractivity contribution in [2.45, 2.75) is 61.6 Å². The molecule has 2 aliphatic carbocycles. The molecule has 1 N–H and O–H groups in total. The van der Waals surface area contributed by atoms with Crippen LogP contribution in [-0.4, -0.2) is 44.8 Å². The second kappa shape index (κ2) is 8.63. The summed E-state index contributed by atoms with van der Waals surface area (Å²) in [6.45, 7) is 1.83. The number of pyridine rings is 1. The maximum absolute atomic E-state index is 13.3. The second-order valence-electron chi connectivity index (χ2n) is 9.64. The van der Waals surface area contributed by atoms with E-state index in [1.54, 1.807) is 31.4 Å². The molecule has 0 radical (unpaired) electrons. The van der Waals surface area contributed by atoms with Crippen molar-refractivity contribution < 1.29 is 17.9 Å². The Kier molecular flexibility index (Phi) is 5.80. The molecular weight excluding hydrogens is 438 g/mol. The number of hydrogen-bond donors (Lipinski definition) is 1. The minimum atomic E-state index is -3.49. The van der Waals surface area contributed by atoms with Crippen LogP contribution in [0, 0.1) is 5.41 Å². The van der Waals surface area contributed by atoms with Crippen LogP contribution < -0.4 is 15.0 Å². The summed E-state index contributed by atoms with van der Waals surface area (Å²) in [6, 6.07) is 10.2. The van der Waals surface area contributed by atoms with E-state index >= 15 is 0 Å². The van der Waals surface area contributed by atoms with Crippen LogP contribution in [0.15, 0.2) is 41.4 Å². The van der Waals surface area contributed by atoms with E-state index in [0.29, 0.717) is 29.6 Å².